The zero-order valence-corrected chi connectivity index (χ0v) is 23.6. The molecule has 1 aliphatic heterocycles. The van der Waals surface area contributed by atoms with Crippen molar-refractivity contribution in [2.24, 2.45) is 16.6 Å². The van der Waals surface area contributed by atoms with Crippen LogP contribution in [0.2, 0.25) is 0 Å². The van der Waals surface area contributed by atoms with Crippen molar-refractivity contribution in [1.82, 2.24) is 9.29 Å². The number of rotatable bonds is 12. The number of aromatic nitrogens is 1. The van der Waals surface area contributed by atoms with Gasteiger partial charge in [-0.15, -0.1) is 0 Å². The van der Waals surface area contributed by atoms with E-state index in [4.69, 9.17) is 25.2 Å². The van der Waals surface area contributed by atoms with Crippen LogP contribution in [0.15, 0.2) is 81.8 Å². The molecule has 1 saturated heterocycles. The Morgan fingerprint density at radius 3 is 2.45 bits per heavy atom. The summed E-state index contributed by atoms with van der Waals surface area (Å²) < 4.78 is 53.4. The van der Waals surface area contributed by atoms with Crippen LogP contribution in [0.5, 0.6) is 11.5 Å². The predicted molar refractivity (Wildman–Crippen MR) is 152 cm³/mol. The molecule has 0 bridgehead atoms. The van der Waals surface area contributed by atoms with Gasteiger partial charge in [0.25, 0.3) is 0 Å². The van der Waals surface area contributed by atoms with Crippen molar-refractivity contribution >= 4 is 32.9 Å². The zero-order valence-electron chi connectivity index (χ0n) is 22.0. The highest BCUT2D eigenvalue weighted by atomic mass is 32.2. The van der Waals surface area contributed by atoms with Crippen molar-refractivity contribution in [1.29, 1.82) is 0 Å². The number of aryl methyl sites for hydroxylation is 1. The van der Waals surface area contributed by atoms with Crippen LogP contribution in [0.4, 0.5) is 5.82 Å². The van der Waals surface area contributed by atoms with E-state index >= 15 is 0 Å². The smallest absolute Gasteiger partial charge is 0.244 e. The molecule has 40 heavy (non-hydrogen) atoms. The van der Waals surface area contributed by atoms with Gasteiger partial charge in [0.2, 0.25) is 27.1 Å². The molecule has 1 fully saturated rings. The lowest BCUT2D eigenvalue weighted by Crippen LogP contribution is -2.49. The molecule has 0 spiro atoms. The number of pyridine rings is 1. The lowest BCUT2D eigenvalue weighted by atomic mass is 10.2. The van der Waals surface area contributed by atoms with E-state index in [1.54, 1.807) is 36.5 Å². The molecule has 1 aromatic heterocycles. The summed E-state index contributed by atoms with van der Waals surface area (Å²) in [5, 5.41) is 3.44. The maximum Gasteiger partial charge on any atom is 0.244 e. The fourth-order valence-electron chi connectivity index (χ4n) is 4.05. The molecule has 0 saturated carbocycles. The van der Waals surface area contributed by atoms with Crippen molar-refractivity contribution in [3.05, 3.63) is 72.4 Å². The summed E-state index contributed by atoms with van der Waals surface area (Å²) in [6.45, 7) is 3.95. The predicted octanol–water partition coefficient (Wildman–Crippen LogP) is 1.98. The molecule has 2 aromatic carbocycles. The van der Waals surface area contributed by atoms with Gasteiger partial charge in [-0.3, -0.25) is 0 Å². The number of anilines is 1. The summed E-state index contributed by atoms with van der Waals surface area (Å²) >= 11 is -2.10. The summed E-state index contributed by atoms with van der Waals surface area (Å²) in [6, 6.07) is 16.9. The quantitative estimate of drug-likeness (QED) is 0.138. The Hall–Kier alpha value is -3.88. The Balaban J connectivity index is 1.42. The van der Waals surface area contributed by atoms with Crippen LogP contribution in [0.1, 0.15) is 12.0 Å². The van der Waals surface area contributed by atoms with Crippen molar-refractivity contribution in [3.63, 3.8) is 0 Å². The third-order valence-corrected chi connectivity index (χ3v) is 9.02. The van der Waals surface area contributed by atoms with Crippen LogP contribution < -0.4 is 25.3 Å². The molecule has 2 heterocycles. The second kappa shape index (κ2) is 13.5. The minimum atomic E-state index is -3.93. The van der Waals surface area contributed by atoms with Crippen LogP contribution in [0.25, 0.3) is 0 Å². The van der Waals surface area contributed by atoms with Gasteiger partial charge in [0, 0.05) is 44.9 Å². The Kier molecular flexibility index (Phi) is 9.79. The Bertz CT molecular complexity index is 1440. The third-order valence-electron chi connectivity index (χ3n) is 5.87. The Morgan fingerprint density at radius 2 is 1.73 bits per heavy atom. The summed E-state index contributed by atoms with van der Waals surface area (Å²) in [5.41, 5.74) is 11.2. The van der Waals surface area contributed by atoms with E-state index in [0.29, 0.717) is 31.9 Å². The first-order valence-corrected chi connectivity index (χ1v) is 15.1. The van der Waals surface area contributed by atoms with Crippen LogP contribution in [0, 0.1) is 6.92 Å². The molecular weight excluding hydrogens is 556 g/mol. The van der Waals surface area contributed by atoms with Crippen LogP contribution in [0.3, 0.4) is 0 Å². The van der Waals surface area contributed by atoms with Gasteiger partial charge in [-0.1, -0.05) is 18.2 Å². The highest BCUT2D eigenvalue weighted by Gasteiger charge is 2.32. The minimum absolute atomic E-state index is 0.0514. The highest BCUT2D eigenvalue weighted by Crippen LogP contribution is 2.28. The van der Waals surface area contributed by atoms with Gasteiger partial charge < -0.3 is 30.1 Å². The normalized spacial score (nSPS) is 14.8. The van der Waals surface area contributed by atoms with E-state index in [2.05, 4.69) is 10.1 Å². The van der Waals surface area contributed by atoms with E-state index in [1.165, 1.54) is 16.4 Å². The molecule has 1 aliphatic rings. The molecule has 214 valence electrons. The highest BCUT2D eigenvalue weighted by molar-refractivity contribution is 7.90. The fraction of sp³-hybridized carbons (Fsp3) is 0.308. The van der Waals surface area contributed by atoms with Crippen LogP contribution >= 0.6 is 0 Å². The first-order chi connectivity index (χ1) is 19.2. The van der Waals surface area contributed by atoms with Gasteiger partial charge in [0.1, 0.15) is 28.8 Å². The topological polar surface area (TPSA) is 163 Å². The number of piperazine rings is 1. The number of guanidine groups is 1. The number of sulfonamides is 1. The number of hydrogen-bond donors (Lipinski definition) is 2. The summed E-state index contributed by atoms with van der Waals surface area (Å²) in [5.74, 6) is 1.42. The molecule has 14 heteroatoms. The molecule has 0 aliphatic carbocycles. The van der Waals surface area contributed by atoms with Gasteiger partial charge >= 0.3 is 0 Å². The molecule has 3 aromatic rings. The molecule has 4 rings (SSSR count). The molecule has 0 amide bonds. The molecule has 1 unspecified atom stereocenters. The van der Waals surface area contributed by atoms with Crippen LogP contribution in [-0.4, -0.2) is 67.3 Å². The second-order valence-electron chi connectivity index (χ2n) is 8.88. The number of benzene rings is 2. The van der Waals surface area contributed by atoms with E-state index in [1.807, 2.05) is 30.0 Å². The van der Waals surface area contributed by atoms with Gasteiger partial charge in [-0.25, -0.2) is 17.6 Å². The molecule has 4 N–H and O–H groups in total. The van der Waals surface area contributed by atoms with E-state index in [0.717, 1.165) is 11.4 Å². The summed E-state index contributed by atoms with van der Waals surface area (Å²) in [7, 11) is -3.93. The van der Waals surface area contributed by atoms with E-state index in [9.17, 15) is 12.6 Å². The molecule has 1 atom stereocenters. The van der Waals surface area contributed by atoms with Gasteiger partial charge in [0.05, 0.1) is 11.5 Å². The van der Waals surface area contributed by atoms with Crippen molar-refractivity contribution in [3.8, 4) is 11.5 Å². The van der Waals surface area contributed by atoms with E-state index in [-0.39, 0.29) is 41.2 Å². The molecule has 12 nitrogen and oxygen atoms in total. The third kappa shape index (κ3) is 7.61. The largest absolute Gasteiger partial charge is 0.493 e. The SMILES string of the molecule is Cc1cc(OCCCON=C(N)N)cc(OS(=O)c2ccccc2S(=O)(=O)N2CCN(c3ccccn3)CC2)c1. The number of ether oxygens (including phenoxy) is 1. The standard InChI is InChI=1S/C26H32N6O6S2/c1-20-17-21(36-15-6-16-37-30-26(27)28)19-22(18-20)38-39(33)23-7-2-3-8-24(23)40(34,35)32-13-11-31(12-14-32)25-9-4-5-10-29-25/h2-5,7-10,17-19H,6,11-16H2,1H3,(H4,27,28,30). The van der Waals surface area contributed by atoms with Crippen LogP contribution in [-0.2, 0) is 25.9 Å². The summed E-state index contributed by atoms with van der Waals surface area (Å²) in [4.78, 5) is 11.3. The summed E-state index contributed by atoms with van der Waals surface area (Å²) in [6.07, 6.45) is 2.23. The number of nitrogens with zero attached hydrogens (tertiary/aromatic N) is 4. The van der Waals surface area contributed by atoms with Crippen molar-refractivity contribution in [2.45, 2.75) is 23.1 Å². The van der Waals surface area contributed by atoms with Crippen molar-refractivity contribution < 1.29 is 26.4 Å². The number of nitrogens with two attached hydrogens (primary N) is 2. The average Bonchev–Trinajstić information content (AvgIpc) is 2.95. The average molecular weight is 589 g/mol. The maximum atomic E-state index is 13.6. The fourth-order valence-corrected chi connectivity index (χ4v) is 6.85. The van der Waals surface area contributed by atoms with Crippen molar-refractivity contribution in [2.75, 3.05) is 44.3 Å². The van der Waals surface area contributed by atoms with Gasteiger partial charge in [-0.05, 0) is 54.0 Å². The molecular formula is C26H32N6O6S2. The van der Waals surface area contributed by atoms with Gasteiger partial charge in [-0.2, -0.15) is 4.31 Å². The first kappa shape index (κ1) is 29.1. The Morgan fingerprint density at radius 1 is 1.00 bits per heavy atom. The molecule has 0 radical (unpaired) electrons. The van der Waals surface area contributed by atoms with E-state index < -0.39 is 21.1 Å². The first-order valence-electron chi connectivity index (χ1n) is 12.5. The zero-order chi connectivity index (χ0) is 28.5. The van der Waals surface area contributed by atoms with Gasteiger partial charge in [0.15, 0.2) is 0 Å². The Labute approximate surface area is 236 Å². The monoisotopic (exact) mass is 588 g/mol. The maximum absolute atomic E-state index is 13.6. The number of hydrogen-bond acceptors (Lipinski definition) is 9. The lowest BCUT2D eigenvalue weighted by molar-refractivity contribution is 0.127. The minimum Gasteiger partial charge on any atom is -0.493 e. The lowest BCUT2D eigenvalue weighted by Gasteiger charge is -2.34. The second-order valence-corrected chi connectivity index (χ2v) is 11.9. The number of oxime groups is 1.